The zero-order valence-electron chi connectivity index (χ0n) is 11.4. The summed E-state index contributed by atoms with van der Waals surface area (Å²) in [6.45, 7) is 3.47. The van der Waals surface area contributed by atoms with E-state index >= 15 is 0 Å². The molecule has 0 aliphatic rings. The maximum absolute atomic E-state index is 11.8. The SMILES string of the molecule is Cc1cc(NC(=O)[C@H](C)SCC(=O)NN(C)C)no1. The van der Waals surface area contributed by atoms with Gasteiger partial charge in [0.05, 0.1) is 11.0 Å². The molecule has 2 amide bonds. The highest BCUT2D eigenvalue weighted by Crippen LogP contribution is 2.13. The molecular weight excluding hydrogens is 268 g/mol. The van der Waals surface area contributed by atoms with Crippen LogP contribution in [0.2, 0.25) is 0 Å². The smallest absolute Gasteiger partial charge is 0.244 e. The summed E-state index contributed by atoms with van der Waals surface area (Å²) in [5.74, 6) is 0.862. The third-order valence-corrected chi connectivity index (χ3v) is 3.20. The average Bonchev–Trinajstić information content (AvgIpc) is 2.70. The molecule has 0 aliphatic carbocycles. The number of nitrogens with one attached hydrogen (secondary N) is 2. The van der Waals surface area contributed by atoms with Gasteiger partial charge >= 0.3 is 0 Å². The van der Waals surface area contributed by atoms with Gasteiger partial charge in [-0.3, -0.25) is 15.0 Å². The molecular formula is C11H18N4O3S. The lowest BCUT2D eigenvalue weighted by Crippen LogP contribution is -2.38. The number of aromatic nitrogens is 1. The van der Waals surface area contributed by atoms with Crippen molar-refractivity contribution >= 4 is 29.4 Å². The van der Waals surface area contributed by atoms with E-state index in [9.17, 15) is 9.59 Å². The van der Waals surface area contributed by atoms with Gasteiger partial charge in [-0.25, -0.2) is 5.01 Å². The van der Waals surface area contributed by atoms with E-state index in [1.54, 1.807) is 39.0 Å². The molecule has 8 heteroatoms. The van der Waals surface area contributed by atoms with Crippen LogP contribution in [0, 0.1) is 6.92 Å². The molecule has 1 heterocycles. The number of carbonyl (C=O) groups excluding carboxylic acids is 2. The normalized spacial score (nSPS) is 12.3. The fraction of sp³-hybridized carbons (Fsp3) is 0.545. The second-order valence-corrected chi connectivity index (χ2v) is 5.52. The molecule has 1 rings (SSSR count). The van der Waals surface area contributed by atoms with Crippen LogP contribution in [0.3, 0.4) is 0 Å². The van der Waals surface area contributed by atoms with Gasteiger partial charge in [0.2, 0.25) is 11.8 Å². The Morgan fingerprint density at radius 1 is 1.53 bits per heavy atom. The molecule has 1 aromatic heterocycles. The fourth-order valence-electron chi connectivity index (χ4n) is 1.21. The van der Waals surface area contributed by atoms with E-state index in [1.165, 1.54) is 11.8 Å². The van der Waals surface area contributed by atoms with Crippen molar-refractivity contribution in [2.24, 2.45) is 0 Å². The molecule has 0 bridgehead atoms. The Labute approximate surface area is 116 Å². The summed E-state index contributed by atoms with van der Waals surface area (Å²) in [6.07, 6.45) is 0. The van der Waals surface area contributed by atoms with E-state index in [0.717, 1.165) is 0 Å². The minimum atomic E-state index is -0.357. The first-order valence-corrected chi connectivity index (χ1v) is 6.76. The number of amides is 2. The summed E-state index contributed by atoms with van der Waals surface area (Å²) < 4.78 is 4.85. The van der Waals surface area contributed by atoms with E-state index in [4.69, 9.17) is 4.52 Å². The van der Waals surface area contributed by atoms with Crippen molar-refractivity contribution in [2.45, 2.75) is 19.1 Å². The van der Waals surface area contributed by atoms with Crippen molar-refractivity contribution < 1.29 is 14.1 Å². The van der Waals surface area contributed by atoms with Gasteiger partial charge in [0.15, 0.2) is 5.82 Å². The van der Waals surface area contributed by atoms with Crippen LogP contribution in [0.15, 0.2) is 10.6 Å². The van der Waals surface area contributed by atoms with Gasteiger partial charge in [-0.2, -0.15) is 0 Å². The molecule has 0 saturated carbocycles. The molecule has 0 unspecified atom stereocenters. The van der Waals surface area contributed by atoms with Gasteiger partial charge in [-0.1, -0.05) is 5.16 Å². The minimum Gasteiger partial charge on any atom is -0.360 e. The van der Waals surface area contributed by atoms with Crippen LogP contribution >= 0.6 is 11.8 Å². The number of aryl methyl sites for hydroxylation is 1. The molecule has 2 N–H and O–H groups in total. The van der Waals surface area contributed by atoms with Gasteiger partial charge in [0.25, 0.3) is 0 Å². The van der Waals surface area contributed by atoms with Crippen molar-refractivity contribution in [2.75, 3.05) is 25.2 Å². The molecule has 19 heavy (non-hydrogen) atoms. The topological polar surface area (TPSA) is 87.5 Å². The molecule has 0 saturated heterocycles. The van der Waals surface area contributed by atoms with Crippen molar-refractivity contribution in [1.29, 1.82) is 0 Å². The van der Waals surface area contributed by atoms with Crippen LogP contribution in [-0.4, -0.2) is 47.1 Å². The Morgan fingerprint density at radius 2 is 2.21 bits per heavy atom. The predicted molar refractivity (Wildman–Crippen MR) is 73.6 cm³/mol. The number of anilines is 1. The lowest BCUT2D eigenvalue weighted by molar-refractivity contribution is -0.122. The summed E-state index contributed by atoms with van der Waals surface area (Å²) in [6, 6.07) is 1.63. The first kappa shape index (κ1) is 15.5. The van der Waals surface area contributed by atoms with Crippen LogP contribution in [0.25, 0.3) is 0 Å². The highest BCUT2D eigenvalue weighted by Gasteiger charge is 2.16. The Kier molecular flexibility index (Phi) is 5.84. The van der Waals surface area contributed by atoms with E-state index in [0.29, 0.717) is 11.6 Å². The summed E-state index contributed by atoms with van der Waals surface area (Å²) in [5.41, 5.74) is 2.60. The van der Waals surface area contributed by atoms with Crippen LogP contribution < -0.4 is 10.7 Å². The number of hydrogen-bond acceptors (Lipinski definition) is 6. The number of rotatable bonds is 6. The van der Waals surface area contributed by atoms with Gasteiger partial charge in [-0.15, -0.1) is 11.8 Å². The molecule has 1 aromatic rings. The Balaban J connectivity index is 2.34. The zero-order valence-corrected chi connectivity index (χ0v) is 12.2. The van der Waals surface area contributed by atoms with Crippen molar-refractivity contribution in [3.63, 3.8) is 0 Å². The molecule has 7 nitrogen and oxygen atoms in total. The highest BCUT2D eigenvalue weighted by molar-refractivity contribution is 8.01. The third-order valence-electron chi connectivity index (χ3n) is 2.06. The Bertz CT molecular complexity index is 447. The van der Waals surface area contributed by atoms with E-state index in [2.05, 4.69) is 15.9 Å². The van der Waals surface area contributed by atoms with Crippen LogP contribution in [0.1, 0.15) is 12.7 Å². The average molecular weight is 286 g/mol. The molecule has 0 aliphatic heterocycles. The van der Waals surface area contributed by atoms with Gasteiger partial charge in [0.1, 0.15) is 5.76 Å². The molecule has 106 valence electrons. The van der Waals surface area contributed by atoms with Crippen LogP contribution in [0.5, 0.6) is 0 Å². The molecule has 0 aromatic carbocycles. The van der Waals surface area contributed by atoms with Crippen LogP contribution in [0.4, 0.5) is 5.82 Å². The standard InChI is InChI=1S/C11H18N4O3S/c1-7-5-9(14-18-7)12-11(17)8(2)19-6-10(16)13-15(3)4/h5,8H,6H2,1-4H3,(H,13,16)(H,12,14,17)/t8-/m0/s1. The molecule has 1 atom stereocenters. The van der Waals surface area contributed by atoms with E-state index in [1.807, 2.05) is 0 Å². The summed E-state index contributed by atoms with van der Waals surface area (Å²) in [7, 11) is 3.46. The second-order valence-electron chi connectivity index (χ2n) is 4.19. The number of thioether (sulfide) groups is 1. The highest BCUT2D eigenvalue weighted by atomic mass is 32.2. The zero-order chi connectivity index (χ0) is 14.4. The fourth-order valence-corrected chi connectivity index (χ4v) is 1.89. The molecule has 0 radical (unpaired) electrons. The molecule has 0 spiro atoms. The van der Waals surface area contributed by atoms with Crippen molar-refractivity contribution in [3.8, 4) is 0 Å². The lowest BCUT2D eigenvalue weighted by atomic mass is 10.4. The quantitative estimate of drug-likeness (QED) is 0.746. The summed E-state index contributed by atoms with van der Waals surface area (Å²) in [4.78, 5) is 23.2. The van der Waals surface area contributed by atoms with Gasteiger partial charge < -0.3 is 9.84 Å². The Hall–Kier alpha value is -1.54. The largest absolute Gasteiger partial charge is 0.360 e. The first-order chi connectivity index (χ1) is 8.88. The number of hydrogen-bond donors (Lipinski definition) is 2. The van der Waals surface area contributed by atoms with Crippen molar-refractivity contribution in [1.82, 2.24) is 15.6 Å². The van der Waals surface area contributed by atoms with E-state index in [-0.39, 0.29) is 22.8 Å². The monoisotopic (exact) mass is 286 g/mol. The minimum absolute atomic E-state index is 0.146. The summed E-state index contributed by atoms with van der Waals surface area (Å²) >= 11 is 1.25. The Morgan fingerprint density at radius 3 is 2.74 bits per heavy atom. The second kappa shape index (κ2) is 7.15. The summed E-state index contributed by atoms with van der Waals surface area (Å²) in [5, 5.41) is 7.50. The van der Waals surface area contributed by atoms with Gasteiger partial charge in [0, 0.05) is 20.2 Å². The first-order valence-electron chi connectivity index (χ1n) is 5.71. The maximum Gasteiger partial charge on any atom is 0.244 e. The lowest BCUT2D eigenvalue weighted by Gasteiger charge is -2.13. The number of carbonyl (C=O) groups is 2. The van der Waals surface area contributed by atoms with Gasteiger partial charge in [-0.05, 0) is 13.8 Å². The third kappa shape index (κ3) is 5.75. The predicted octanol–water partition coefficient (Wildman–Crippen LogP) is 0.636. The van der Waals surface area contributed by atoms with Crippen LogP contribution in [-0.2, 0) is 9.59 Å². The maximum atomic E-state index is 11.8. The van der Waals surface area contributed by atoms with Crippen molar-refractivity contribution in [3.05, 3.63) is 11.8 Å². The number of hydrazine groups is 1. The number of nitrogens with zero attached hydrogens (tertiary/aromatic N) is 2. The van der Waals surface area contributed by atoms with E-state index < -0.39 is 0 Å². The molecule has 0 fully saturated rings.